The number of sulfonamides is 1. The van der Waals surface area contributed by atoms with E-state index in [9.17, 15) is 13.2 Å². The van der Waals surface area contributed by atoms with Crippen molar-refractivity contribution in [2.45, 2.75) is 52.1 Å². The molecule has 0 heterocycles. The number of halogens is 1. The first-order valence-corrected chi connectivity index (χ1v) is 12.0. The summed E-state index contributed by atoms with van der Waals surface area (Å²) in [6.07, 6.45) is 3.06. The summed E-state index contributed by atoms with van der Waals surface area (Å²) in [5.74, 6) is -0.308. The number of hydrogen-bond donors (Lipinski definition) is 1. The van der Waals surface area contributed by atoms with Crippen molar-refractivity contribution in [1.82, 2.24) is 5.32 Å². The molecule has 2 rings (SSSR count). The predicted octanol–water partition coefficient (Wildman–Crippen LogP) is 4.33. The minimum absolute atomic E-state index is 0.0846. The van der Waals surface area contributed by atoms with E-state index in [0.29, 0.717) is 17.1 Å². The summed E-state index contributed by atoms with van der Waals surface area (Å²) >= 11 is 6.10. The smallest absolute Gasteiger partial charge is 0.244 e. The first-order chi connectivity index (χ1) is 13.6. The third kappa shape index (κ3) is 6.47. The maximum absolute atomic E-state index is 13.0. The maximum atomic E-state index is 13.0. The fraction of sp³-hybridized carbons (Fsp3) is 0.409. The Labute approximate surface area is 179 Å². The Morgan fingerprint density at radius 3 is 2.41 bits per heavy atom. The Bertz CT molecular complexity index is 932. The van der Waals surface area contributed by atoms with Crippen LogP contribution in [0.3, 0.4) is 0 Å². The zero-order chi connectivity index (χ0) is 21.6. The van der Waals surface area contributed by atoms with Crippen LogP contribution in [-0.4, -0.2) is 32.7 Å². The summed E-state index contributed by atoms with van der Waals surface area (Å²) in [6.45, 7) is 5.54. The molecule has 0 aliphatic rings. The number of carbonyl (C=O) groups is 1. The lowest BCUT2D eigenvalue weighted by molar-refractivity contribution is -0.122. The molecule has 0 saturated heterocycles. The normalized spacial score (nSPS) is 13.6. The molecule has 0 aliphatic heterocycles. The van der Waals surface area contributed by atoms with E-state index in [2.05, 4.69) is 17.4 Å². The summed E-state index contributed by atoms with van der Waals surface area (Å²) < 4.78 is 26.4. The van der Waals surface area contributed by atoms with Gasteiger partial charge in [-0.1, -0.05) is 54.9 Å². The van der Waals surface area contributed by atoms with E-state index in [-0.39, 0.29) is 11.9 Å². The van der Waals surface area contributed by atoms with E-state index in [0.717, 1.165) is 24.7 Å². The van der Waals surface area contributed by atoms with E-state index >= 15 is 0 Å². The first kappa shape index (κ1) is 23.2. The van der Waals surface area contributed by atoms with Gasteiger partial charge in [0.05, 0.1) is 11.9 Å². The van der Waals surface area contributed by atoms with E-state index in [1.54, 1.807) is 32.0 Å². The van der Waals surface area contributed by atoms with Crippen LogP contribution in [0.2, 0.25) is 5.02 Å². The van der Waals surface area contributed by atoms with E-state index in [1.165, 1.54) is 9.87 Å². The molecule has 29 heavy (non-hydrogen) atoms. The van der Waals surface area contributed by atoms with Crippen LogP contribution >= 0.6 is 11.6 Å². The van der Waals surface area contributed by atoms with Crippen molar-refractivity contribution in [1.29, 1.82) is 0 Å². The van der Waals surface area contributed by atoms with Crippen LogP contribution in [0.5, 0.6) is 0 Å². The van der Waals surface area contributed by atoms with Crippen molar-refractivity contribution in [3.05, 3.63) is 64.7 Å². The molecule has 2 aromatic rings. The monoisotopic (exact) mass is 436 g/mol. The molecule has 1 N–H and O–H groups in total. The number of nitrogens with zero attached hydrogens (tertiary/aromatic N) is 1. The molecule has 0 aliphatic carbocycles. The molecule has 5 nitrogen and oxygen atoms in total. The van der Waals surface area contributed by atoms with Crippen LogP contribution in [0, 0.1) is 6.92 Å². The number of nitrogens with one attached hydrogen (secondary N) is 1. The lowest BCUT2D eigenvalue weighted by Crippen LogP contribution is -2.51. The van der Waals surface area contributed by atoms with Gasteiger partial charge < -0.3 is 5.32 Å². The molecular weight excluding hydrogens is 408 g/mol. The largest absolute Gasteiger partial charge is 0.352 e. The highest BCUT2D eigenvalue weighted by molar-refractivity contribution is 7.92. The van der Waals surface area contributed by atoms with Gasteiger partial charge in [0.25, 0.3) is 0 Å². The minimum atomic E-state index is -3.69. The van der Waals surface area contributed by atoms with Crippen molar-refractivity contribution in [2.75, 3.05) is 10.6 Å². The third-order valence-corrected chi connectivity index (χ3v) is 6.24. The van der Waals surface area contributed by atoms with Gasteiger partial charge in [0.1, 0.15) is 6.04 Å². The van der Waals surface area contributed by atoms with Crippen LogP contribution in [0.1, 0.15) is 37.8 Å². The van der Waals surface area contributed by atoms with E-state index in [4.69, 9.17) is 11.6 Å². The van der Waals surface area contributed by atoms with Gasteiger partial charge in [-0.15, -0.1) is 0 Å². The SMILES string of the molecule is CCC(C(=O)NC(C)CCc1ccccc1)N(c1cc(Cl)ccc1C)S(C)(=O)=O. The van der Waals surface area contributed by atoms with Crippen molar-refractivity contribution < 1.29 is 13.2 Å². The van der Waals surface area contributed by atoms with Crippen LogP contribution in [0.25, 0.3) is 0 Å². The molecule has 0 fully saturated rings. The Morgan fingerprint density at radius 2 is 1.83 bits per heavy atom. The highest BCUT2D eigenvalue weighted by Gasteiger charge is 2.33. The standard InChI is InChI=1S/C22H29ClN2O3S/c1-5-20(22(26)24-17(3)12-13-18-9-7-6-8-10-18)25(29(4,27)28)21-15-19(23)14-11-16(21)2/h6-11,14-15,17,20H,5,12-13H2,1-4H3,(H,24,26). The van der Waals surface area contributed by atoms with Crippen molar-refractivity contribution in [2.24, 2.45) is 0 Å². The number of benzene rings is 2. The first-order valence-electron chi connectivity index (χ1n) is 9.73. The molecule has 0 radical (unpaired) electrons. The number of rotatable bonds is 9. The second-order valence-corrected chi connectivity index (χ2v) is 9.64. The van der Waals surface area contributed by atoms with Crippen molar-refractivity contribution in [3.8, 4) is 0 Å². The molecule has 7 heteroatoms. The molecule has 0 aromatic heterocycles. The molecule has 2 aromatic carbocycles. The van der Waals surface area contributed by atoms with Crippen LogP contribution in [-0.2, 0) is 21.2 Å². The van der Waals surface area contributed by atoms with Gasteiger partial charge in [-0.25, -0.2) is 8.42 Å². The molecular formula is C22H29ClN2O3S. The van der Waals surface area contributed by atoms with E-state index in [1.807, 2.05) is 25.1 Å². The van der Waals surface area contributed by atoms with Gasteiger partial charge in [-0.2, -0.15) is 0 Å². The van der Waals surface area contributed by atoms with Crippen LogP contribution in [0.4, 0.5) is 5.69 Å². The van der Waals surface area contributed by atoms with E-state index < -0.39 is 16.1 Å². The summed E-state index contributed by atoms with van der Waals surface area (Å²) in [7, 11) is -3.69. The van der Waals surface area contributed by atoms with Gasteiger partial charge in [-0.3, -0.25) is 9.10 Å². The van der Waals surface area contributed by atoms with Crippen molar-refractivity contribution >= 4 is 33.2 Å². The number of anilines is 1. The number of carbonyl (C=O) groups excluding carboxylic acids is 1. The lowest BCUT2D eigenvalue weighted by atomic mass is 10.1. The fourth-order valence-electron chi connectivity index (χ4n) is 3.29. The highest BCUT2D eigenvalue weighted by atomic mass is 35.5. The molecule has 0 spiro atoms. The van der Waals surface area contributed by atoms with Crippen LogP contribution < -0.4 is 9.62 Å². The quantitative estimate of drug-likeness (QED) is 0.636. The predicted molar refractivity (Wildman–Crippen MR) is 120 cm³/mol. The molecule has 2 atom stereocenters. The van der Waals surface area contributed by atoms with Gasteiger partial charge in [0.15, 0.2) is 0 Å². The molecule has 158 valence electrons. The number of amides is 1. The summed E-state index contributed by atoms with van der Waals surface area (Å²) in [5.41, 5.74) is 2.37. The molecule has 2 unspecified atom stereocenters. The fourth-order valence-corrected chi connectivity index (χ4v) is 4.72. The minimum Gasteiger partial charge on any atom is -0.352 e. The Hall–Kier alpha value is -2.05. The van der Waals surface area contributed by atoms with Gasteiger partial charge in [0.2, 0.25) is 15.9 Å². The number of aryl methyl sites for hydroxylation is 2. The zero-order valence-corrected chi connectivity index (χ0v) is 18.9. The van der Waals surface area contributed by atoms with Gasteiger partial charge in [0, 0.05) is 11.1 Å². The maximum Gasteiger partial charge on any atom is 0.244 e. The lowest BCUT2D eigenvalue weighted by Gasteiger charge is -2.32. The number of hydrogen-bond acceptors (Lipinski definition) is 3. The highest BCUT2D eigenvalue weighted by Crippen LogP contribution is 2.29. The average molecular weight is 437 g/mol. The molecule has 0 saturated carbocycles. The Morgan fingerprint density at radius 1 is 1.17 bits per heavy atom. The topological polar surface area (TPSA) is 66.5 Å². The molecule has 0 bridgehead atoms. The summed E-state index contributed by atoms with van der Waals surface area (Å²) in [6, 6.07) is 14.2. The third-order valence-electron chi connectivity index (χ3n) is 4.84. The van der Waals surface area contributed by atoms with Crippen molar-refractivity contribution in [3.63, 3.8) is 0 Å². The van der Waals surface area contributed by atoms with Gasteiger partial charge in [-0.05, 0) is 56.4 Å². The second kappa shape index (κ2) is 10.1. The zero-order valence-electron chi connectivity index (χ0n) is 17.4. The average Bonchev–Trinajstić information content (AvgIpc) is 2.66. The Kier molecular flexibility index (Phi) is 8.11. The Balaban J connectivity index is 2.19. The van der Waals surface area contributed by atoms with Crippen LogP contribution in [0.15, 0.2) is 48.5 Å². The summed E-state index contributed by atoms with van der Waals surface area (Å²) in [5, 5.41) is 3.40. The van der Waals surface area contributed by atoms with Gasteiger partial charge >= 0.3 is 0 Å². The summed E-state index contributed by atoms with van der Waals surface area (Å²) in [4.78, 5) is 13.0. The second-order valence-electron chi connectivity index (χ2n) is 7.35. The molecule has 1 amide bonds.